The molecule has 1 unspecified atom stereocenters. The van der Waals surface area contributed by atoms with Crippen LogP contribution in [0.1, 0.15) is 84.3 Å². The van der Waals surface area contributed by atoms with Crippen molar-refractivity contribution in [3.8, 4) is 0 Å². The van der Waals surface area contributed by atoms with Crippen LogP contribution in [0, 0.1) is 5.92 Å². The molecule has 0 aliphatic carbocycles. The van der Waals surface area contributed by atoms with Crippen molar-refractivity contribution >= 4 is 17.2 Å². The Morgan fingerprint density at radius 2 is 1.45 bits per heavy atom. The minimum Gasteiger partial charge on any atom is -0.299 e. The fourth-order valence-electron chi connectivity index (χ4n) is 2.76. The van der Waals surface area contributed by atoms with Crippen LogP contribution in [0.2, 0.25) is 0 Å². The first kappa shape index (κ1) is 18.6. The summed E-state index contributed by atoms with van der Waals surface area (Å²) in [6.45, 7) is 14.8. The Kier molecular flexibility index (Phi) is 6.99. The molecular formula is C20H31NO. The normalized spacial score (nSPS) is 13.8. The third-order valence-electron chi connectivity index (χ3n) is 4.29. The Hall–Kier alpha value is -1.44. The van der Waals surface area contributed by atoms with Crippen LogP contribution in [-0.2, 0) is 4.79 Å². The summed E-state index contributed by atoms with van der Waals surface area (Å²) in [5.74, 6) is 1.03. The van der Waals surface area contributed by atoms with Crippen molar-refractivity contribution < 1.29 is 4.79 Å². The zero-order valence-corrected chi connectivity index (χ0v) is 15.2. The zero-order chi connectivity index (χ0) is 16.9. The largest absolute Gasteiger partial charge is 0.299 e. The molecule has 2 nitrogen and oxygen atoms in total. The number of carbonyl (C=O) groups is 1. The lowest BCUT2D eigenvalue weighted by atomic mass is 9.91. The smallest absolute Gasteiger partial charge is 0.141 e. The van der Waals surface area contributed by atoms with E-state index in [-0.39, 0.29) is 11.7 Å². The van der Waals surface area contributed by atoms with Crippen LogP contribution in [0.15, 0.2) is 23.2 Å². The minimum absolute atomic E-state index is 0.0877. The van der Waals surface area contributed by atoms with Crippen LogP contribution < -0.4 is 0 Å². The Morgan fingerprint density at radius 3 is 1.82 bits per heavy atom. The van der Waals surface area contributed by atoms with Crippen molar-refractivity contribution in [1.29, 1.82) is 0 Å². The predicted octanol–water partition coefficient (Wildman–Crippen LogP) is 6.03. The van der Waals surface area contributed by atoms with E-state index >= 15 is 0 Å². The number of benzene rings is 1. The Balaban J connectivity index is 3.45. The van der Waals surface area contributed by atoms with Crippen LogP contribution in [-0.4, -0.2) is 11.5 Å². The van der Waals surface area contributed by atoms with E-state index in [0.717, 1.165) is 17.8 Å². The molecule has 122 valence electrons. The summed E-state index contributed by atoms with van der Waals surface area (Å²) >= 11 is 0. The molecule has 0 aromatic heterocycles. The molecule has 0 bridgehead atoms. The minimum atomic E-state index is -0.0877. The molecule has 1 rings (SSSR count). The molecule has 0 radical (unpaired) electrons. The number of hydrogen-bond donors (Lipinski definition) is 0. The molecular weight excluding hydrogens is 270 g/mol. The van der Waals surface area contributed by atoms with Crippen LogP contribution in [0.5, 0.6) is 0 Å². The third kappa shape index (κ3) is 4.28. The van der Waals surface area contributed by atoms with E-state index in [2.05, 4.69) is 52.8 Å². The van der Waals surface area contributed by atoms with Gasteiger partial charge in [-0.3, -0.25) is 9.79 Å². The summed E-state index contributed by atoms with van der Waals surface area (Å²) < 4.78 is 0. The second-order valence-electron chi connectivity index (χ2n) is 6.59. The van der Waals surface area contributed by atoms with Gasteiger partial charge in [0.05, 0.1) is 11.6 Å². The van der Waals surface area contributed by atoms with Gasteiger partial charge >= 0.3 is 0 Å². The van der Waals surface area contributed by atoms with Gasteiger partial charge in [-0.2, -0.15) is 0 Å². The summed E-state index contributed by atoms with van der Waals surface area (Å²) in [5.41, 5.74) is 4.63. The SMILES string of the molecule is CCC(=O)C(C)C(CC)=Nc1c(C(C)C)cccc1C(C)C. The van der Waals surface area contributed by atoms with Gasteiger partial charge in [0, 0.05) is 12.1 Å². The van der Waals surface area contributed by atoms with Crippen LogP contribution in [0.4, 0.5) is 5.69 Å². The molecule has 0 N–H and O–H groups in total. The van der Waals surface area contributed by atoms with Gasteiger partial charge in [-0.05, 0) is 29.4 Å². The maximum atomic E-state index is 12.1. The number of ketones is 1. The molecule has 0 aliphatic rings. The van der Waals surface area contributed by atoms with E-state index in [1.807, 2.05) is 13.8 Å². The summed E-state index contributed by atoms with van der Waals surface area (Å²) in [6.07, 6.45) is 1.39. The zero-order valence-electron chi connectivity index (χ0n) is 15.2. The Bertz CT molecular complexity index is 514. The van der Waals surface area contributed by atoms with Crippen molar-refractivity contribution in [3.63, 3.8) is 0 Å². The van der Waals surface area contributed by atoms with Crippen molar-refractivity contribution in [2.24, 2.45) is 10.9 Å². The molecule has 2 heteroatoms. The lowest BCUT2D eigenvalue weighted by Crippen LogP contribution is -2.20. The standard InChI is InChI=1S/C20H31NO/c1-8-18(15(7)19(22)9-2)21-20-16(13(3)4)11-10-12-17(20)14(5)6/h10-15H,8-9H2,1-7H3. The van der Waals surface area contributed by atoms with E-state index in [1.54, 1.807) is 0 Å². The topological polar surface area (TPSA) is 29.4 Å². The highest BCUT2D eigenvalue weighted by Gasteiger charge is 2.19. The van der Waals surface area contributed by atoms with Gasteiger partial charge in [0.25, 0.3) is 0 Å². The summed E-state index contributed by atoms with van der Waals surface area (Å²) in [4.78, 5) is 17.0. The lowest BCUT2D eigenvalue weighted by Gasteiger charge is -2.19. The maximum absolute atomic E-state index is 12.1. The van der Waals surface area contributed by atoms with Crippen LogP contribution >= 0.6 is 0 Å². The second kappa shape index (κ2) is 8.26. The predicted molar refractivity (Wildman–Crippen MR) is 96.5 cm³/mol. The monoisotopic (exact) mass is 301 g/mol. The van der Waals surface area contributed by atoms with E-state index in [4.69, 9.17) is 4.99 Å². The summed E-state index contributed by atoms with van der Waals surface area (Å²) in [5, 5.41) is 0. The average Bonchev–Trinajstić information content (AvgIpc) is 2.50. The first-order valence-electron chi connectivity index (χ1n) is 8.56. The van der Waals surface area contributed by atoms with Crippen molar-refractivity contribution in [1.82, 2.24) is 0 Å². The summed E-state index contributed by atoms with van der Waals surface area (Å²) in [7, 11) is 0. The van der Waals surface area contributed by atoms with Crippen LogP contribution in [0.3, 0.4) is 0 Å². The highest BCUT2D eigenvalue weighted by atomic mass is 16.1. The highest BCUT2D eigenvalue weighted by molar-refractivity contribution is 6.05. The summed E-state index contributed by atoms with van der Waals surface area (Å²) in [6, 6.07) is 6.44. The average molecular weight is 301 g/mol. The molecule has 0 saturated heterocycles. The molecule has 22 heavy (non-hydrogen) atoms. The van der Waals surface area contributed by atoms with Gasteiger partial charge in [0.2, 0.25) is 0 Å². The van der Waals surface area contributed by atoms with Gasteiger partial charge in [-0.15, -0.1) is 0 Å². The number of nitrogens with zero attached hydrogens (tertiary/aromatic N) is 1. The molecule has 0 amide bonds. The fraction of sp³-hybridized carbons (Fsp3) is 0.600. The number of carbonyl (C=O) groups excluding carboxylic acids is 1. The van der Waals surface area contributed by atoms with Crippen molar-refractivity contribution in [2.45, 2.75) is 73.1 Å². The van der Waals surface area contributed by atoms with Crippen molar-refractivity contribution in [2.75, 3.05) is 0 Å². The Morgan fingerprint density at radius 1 is 0.955 bits per heavy atom. The van der Waals surface area contributed by atoms with Gasteiger partial charge < -0.3 is 0 Å². The second-order valence-corrected chi connectivity index (χ2v) is 6.59. The van der Waals surface area contributed by atoms with E-state index < -0.39 is 0 Å². The molecule has 1 aromatic rings. The molecule has 0 spiro atoms. The molecule has 1 atom stereocenters. The number of aliphatic imine (C=N–C) groups is 1. The molecule has 0 heterocycles. The van der Waals surface area contributed by atoms with Gasteiger partial charge in [-0.25, -0.2) is 0 Å². The molecule has 0 saturated carbocycles. The first-order valence-corrected chi connectivity index (χ1v) is 8.56. The van der Waals surface area contributed by atoms with Gasteiger partial charge in [-0.1, -0.05) is 66.7 Å². The lowest BCUT2D eigenvalue weighted by molar-refractivity contribution is -0.120. The number of hydrogen-bond acceptors (Lipinski definition) is 2. The first-order chi connectivity index (χ1) is 10.3. The quantitative estimate of drug-likeness (QED) is 0.565. The Labute approximate surface area is 136 Å². The molecule has 0 fully saturated rings. The fourth-order valence-corrected chi connectivity index (χ4v) is 2.76. The van der Waals surface area contributed by atoms with Gasteiger partial charge in [0.1, 0.15) is 5.78 Å². The maximum Gasteiger partial charge on any atom is 0.141 e. The van der Waals surface area contributed by atoms with E-state index in [0.29, 0.717) is 18.3 Å². The van der Waals surface area contributed by atoms with E-state index in [9.17, 15) is 4.79 Å². The van der Waals surface area contributed by atoms with Gasteiger partial charge in [0.15, 0.2) is 0 Å². The van der Waals surface area contributed by atoms with Crippen LogP contribution in [0.25, 0.3) is 0 Å². The molecule has 0 aliphatic heterocycles. The third-order valence-corrected chi connectivity index (χ3v) is 4.29. The number of para-hydroxylation sites is 1. The highest BCUT2D eigenvalue weighted by Crippen LogP contribution is 2.35. The van der Waals surface area contributed by atoms with Crippen molar-refractivity contribution in [3.05, 3.63) is 29.3 Å². The molecule has 1 aromatic carbocycles. The number of Topliss-reactive ketones (excluding diaryl/α,β-unsaturated/α-hetero) is 1. The van der Waals surface area contributed by atoms with E-state index in [1.165, 1.54) is 11.1 Å². The number of rotatable bonds is 7.